The van der Waals surface area contributed by atoms with E-state index < -0.39 is 0 Å². The van der Waals surface area contributed by atoms with E-state index in [-0.39, 0.29) is 0 Å². The molecule has 0 atom stereocenters. The van der Waals surface area contributed by atoms with Gasteiger partial charge in [0.1, 0.15) is 0 Å². The van der Waals surface area contributed by atoms with Crippen molar-refractivity contribution in [1.29, 1.82) is 0 Å². The molecule has 2 rings (SSSR count). The highest BCUT2D eigenvalue weighted by Crippen LogP contribution is 2.27. The summed E-state index contributed by atoms with van der Waals surface area (Å²) < 4.78 is 0. The van der Waals surface area contributed by atoms with Crippen molar-refractivity contribution in [3.63, 3.8) is 0 Å². The average Bonchev–Trinajstić information content (AvgIpc) is 2.40. The quantitative estimate of drug-likeness (QED) is 0.881. The van der Waals surface area contributed by atoms with Gasteiger partial charge in [0, 0.05) is 25.8 Å². The third-order valence-corrected chi connectivity index (χ3v) is 4.13. The summed E-state index contributed by atoms with van der Waals surface area (Å²) >= 11 is 0. The molecule has 1 fully saturated rings. The molecule has 1 saturated carbocycles. The number of benzene rings is 1. The normalized spacial score (nSPS) is 16.8. The van der Waals surface area contributed by atoms with Crippen LogP contribution in [-0.2, 0) is 6.54 Å². The Bertz CT molecular complexity index is 381. The van der Waals surface area contributed by atoms with Crippen LogP contribution in [0.3, 0.4) is 0 Å². The van der Waals surface area contributed by atoms with E-state index in [0.717, 1.165) is 5.92 Å². The predicted octanol–water partition coefficient (Wildman–Crippen LogP) is 3.47. The van der Waals surface area contributed by atoms with E-state index >= 15 is 0 Å². The molecule has 1 aromatic carbocycles. The molecular formula is C16H26N2. The molecule has 100 valence electrons. The molecule has 1 aromatic rings. The Balaban J connectivity index is 2.07. The summed E-state index contributed by atoms with van der Waals surface area (Å²) in [6.45, 7) is 3.96. The van der Waals surface area contributed by atoms with Gasteiger partial charge in [-0.25, -0.2) is 0 Å². The van der Waals surface area contributed by atoms with Crippen LogP contribution in [0.2, 0.25) is 0 Å². The third kappa shape index (κ3) is 3.26. The predicted molar refractivity (Wildman–Crippen MR) is 78.9 cm³/mol. The van der Waals surface area contributed by atoms with Gasteiger partial charge in [0.15, 0.2) is 0 Å². The van der Waals surface area contributed by atoms with E-state index in [9.17, 15) is 0 Å². The van der Waals surface area contributed by atoms with Crippen molar-refractivity contribution in [3.05, 3.63) is 29.3 Å². The van der Waals surface area contributed by atoms with Crippen molar-refractivity contribution in [2.24, 2.45) is 11.7 Å². The highest BCUT2D eigenvalue weighted by atomic mass is 15.1. The molecule has 1 aliphatic rings. The van der Waals surface area contributed by atoms with Crippen molar-refractivity contribution in [3.8, 4) is 0 Å². The van der Waals surface area contributed by atoms with Gasteiger partial charge < -0.3 is 10.6 Å². The lowest BCUT2D eigenvalue weighted by Gasteiger charge is -2.29. The fourth-order valence-corrected chi connectivity index (χ4v) is 3.06. The van der Waals surface area contributed by atoms with Gasteiger partial charge in [0.05, 0.1) is 0 Å². The number of nitrogens with two attached hydrogens (primary N) is 1. The van der Waals surface area contributed by atoms with Gasteiger partial charge in [-0.05, 0) is 42.9 Å². The monoisotopic (exact) mass is 246 g/mol. The lowest BCUT2D eigenvalue weighted by molar-refractivity contribution is 0.362. The molecule has 0 radical (unpaired) electrons. The lowest BCUT2D eigenvalue weighted by Crippen LogP contribution is -2.28. The molecule has 18 heavy (non-hydrogen) atoms. The van der Waals surface area contributed by atoms with Crippen molar-refractivity contribution in [2.45, 2.75) is 45.6 Å². The molecule has 0 aliphatic heterocycles. The third-order valence-electron chi connectivity index (χ3n) is 4.13. The van der Waals surface area contributed by atoms with Crippen LogP contribution in [0.1, 0.15) is 43.2 Å². The van der Waals surface area contributed by atoms with E-state index in [1.807, 2.05) is 0 Å². The summed E-state index contributed by atoms with van der Waals surface area (Å²) in [4.78, 5) is 2.41. The molecule has 0 amide bonds. The maximum atomic E-state index is 5.84. The molecule has 2 nitrogen and oxygen atoms in total. The molecule has 0 saturated heterocycles. The summed E-state index contributed by atoms with van der Waals surface area (Å²) in [6.07, 6.45) is 7.05. The van der Waals surface area contributed by atoms with E-state index in [1.165, 1.54) is 55.5 Å². The molecule has 0 unspecified atom stereocenters. The van der Waals surface area contributed by atoms with Gasteiger partial charge in [-0.2, -0.15) is 0 Å². The fourth-order valence-electron chi connectivity index (χ4n) is 3.06. The average molecular weight is 246 g/mol. The van der Waals surface area contributed by atoms with Crippen molar-refractivity contribution >= 4 is 5.69 Å². The van der Waals surface area contributed by atoms with Crippen LogP contribution < -0.4 is 10.6 Å². The van der Waals surface area contributed by atoms with Crippen molar-refractivity contribution in [2.75, 3.05) is 18.5 Å². The first kappa shape index (κ1) is 13.4. The van der Waals surface area contributed by atoms with Crippen LogP contribution in [-0.4, -0.2) is 13.6 Å². The first-order chi connectivity index (χ1) is 8.70. The van der Waals surface area contributed by atoms with Gasteiger partial charge in [-0.1, -0.05) is 31.4 Å². The van der Waals surface area contributed by atoms with E-state index in [2.05, 4.69) is 37.1 Å². The van der Waals surface area contributed by atoms with Crippen molar-refractivity contribution < 1.29 is 0 Å². The molecule has 0 spiro atoms. The number of aryl methyl sites for hydroxylation is 1. The summed E-state index contributed by atoms with van der Waals surface area (Å²) in [6, 6.07) is 6.59. The SMILES string of the molecule is Cc1ccc(CN)c(N(C)CC2CCCCC2)c1. The minimum atomic E-state index is 0.630. The Morgan fingerprint density at radius 1 is 1.22 bits per heavy atom. The standard InChI is InChI=1S/C16H26N2/c1-13-8-9-15(11-17)16(10-13)18(2)12-14-6-4-3-5-7-14/h8-10,14H,3-7,11-12,17H2,1-2H3. The molecule has 1 aliphatic carbocycles. The van der Waals surface area contributed by atoms with E-state index in [4.69, 9.17) is 5.73 Å². The molecule has 2 heteroatoms. The fraction of sp³-hybridized carbons (Fsp3) is 0.625. The zero-order chi connectivity index (χ0) is 13.0. The second-order valence-electron chi connectivity index (χ2n) is 5.72. The highest BCUT2D eigenvalue weighted by molar-refractivity contribution is 5.55. The van der Waals surface area contributed by atoms with Gasteiger partial charge in [-0.15, -0.1) is 0 Å². The molecule has 0 heterocycles. The smallest absolute Gasteiger partial charge is 0.0411 e. The molecule has 0 aromatic heterocycles. The Morgan fingerprint density at radius 2 is 1.94 bits per heavy atom. The zero-order valence-corrected chi connectivity index (χ0v) is 11.8. The first-order valence-corrected chi connectivity index (χ1v) is 7.21. The summed E-state index contributed by atoms with van der Waals surface area (Å²) in [5.74, 6) is 0.870. The van der Waals surface area contributed by atoms with Gasteiger partial charge in [0.2, 0.25) is 0 Å². The van der Waals surface area contributed by atoms with E-state index in [1.54, 1.807) is 0 Å². The topological polar surface area (TPSA) is 29.3 Å². The van der Waals surface area contributed by atoms with Crippen molar-refractivity contribution in [1.82, 2.24) is 0 Å². The summed E-state index contributed by atoms with van der Waals surface area (Å²) in [5.41, 5.74) is 9.75. The Morgan fingerprint density at radius 3 is 2.61 bits per heavy atom. The van der Waals surface area contributed by atoms with Gasteiger partial charge >= 0.3 is 0 Å². The number of hydrogen-bond donors (Lipinski definition) is 1. The largest absolute Gasteiger partial charge is 0.374 e. The number of nitrogens with zero attached hydrogens (tertiary/aromatic N) is 1. The number of anilines is 1. The molecule has 2 N–H and O–H groups in total. The first-order valence-electron chi connectivity index (χ1n) is 7.21. The maximum absolute atomic E-state index is 5.84. The minimum Gasteiger partial charge on any atom is -0.374 e. The van der Waals surface area contributed by atoms with Gasteiger partial charge in [-0.3, -0.25) is 0 Å². The Hall–Kier alpha value is -1.02. The van der Waals surface area contributed by atoms with Crippen LogP contribution in [0.5, 0.6) is 0 Å². The minimum absolute atomic E-state index is 0.630. The summed E-state index contributed by atoms with van der Waals surface area (Å²) in [7, 11) is 2.21. The second kappa shape index (κ2) is 6.24. The second-order valence-corrected chi connectivity index (χ2v) is 5.72. The lowest BCUT2D eigenvalue weighted by atomic mass is 9.89. The maximum Gasteiger partial charge on any atom is 0.0411 e. The Kier molecular flexibility index (Phi) is 4.65. The number of hydrogen-bond acceptors (Lipinski definition) is 2. The number of rotatable bonds is 4. The molecular weight excluding hydrogens is 220 g/mol. The highest BCUT2D eigenvalue weighted by Gasteiger charge is 2.16. The molecule has 0 bridgehead atoms. The van der Waals surface area contributed by atoms with Crippen LogP contribution >= 0.6 is 0 Å². The van der Waals surface area contributed by atoms with Crippen LogP contribution in [0, 0.1) is 12.8 Å². The zero-order valence-electron chi connectivity index (χ0n) is 11.8. The Labute approximate surface area is 111 Å². The van der Waals surface area contributed by atoms with Crippen LogP contribution in [0.25, 0.3) is 0 Å². The van der Waals surface area contributed by atoms with Gasteiger partial charge in [0.25, 0.3) is 0 Å². The summed E-state index contributed by atoms with van der Waals surface area (Å²) in [5, 5.41) is 0. The van der Waals surface area contributed by atoms with E-state index in [0.29, 0.717) is 6.54 Å². The van der Waals surface area contributed by atoms with Crippen LogP contribution in [0.15, 0.2) is 18.2 Å². The van der Waals surface area contributed by atoms with Crippen LogP contribution in [0.4, 0.5) is 5.69 Å².